The number of fused-ring (bicyclic) bond motifs is 1. The first kappa shape index (κ1) is 10.9. The van der Waals surface area contributed by atoms with Crippen molar-refractivity contribution >= 4 is 61.7 Å². The van der Waals surface area contributed by atoms with Crippen LogP contribution in [0.15, 0.2) is 28.0 Å². The van der Waals surface area contributed by atoms with Crippen molar-refractivity contribution in [1.82, 2.24) is 0 Å². The highest BCUT2D eigenvalue weighted by Crippen LogP contribution is 2.35. The van der Waals surface area contributed by atoms with Crippen LogP contribution in [0.5, 0.6) is 0 Å². The Kier molecular flexibility index (Phi) is 3.47. The van der Waals surface area contributed by atoms with E-state index in [9.17, 15) is 0 Å². The van der Waals surface area contributed by atoms with Crippen LogP contribution in [-0.2, 0) is 5.33 Å². The highest BCUT2D eigenvalue weighted by molar-refractivity contribution is 9.08. The topological polar surface area (TPSA) is 0 Å². The molecule has 1 aromatic heterocycles. The van der Waals surface area contributed by atoms with Crippen LogP contribution in [0, 0.1) is 0 Å². The van der Waals surface area contributed by atoms with Crippen LogP contribution in [0.4, 0.5) is 0 Å². The SMILES string of the molecule is CSc1cc(S)cc2sc(CBr)cc12. The quantitative estimate of drug-likeness (QED) is 0.472. The van der Waals surface area contributed by atoms with Gasteiger partial charge in [-0.05, 0) is 24.5 Å². The molecule has 1 heterocycles. The molecule has 0 fully saturated rings. The first-order valence-electron chi connectivity index (χ1n) is 4.10. The molecule has 14 heavy (non-hydrogen) atoms. The largest absolute Gasteiger partial charge is 0.143 e. The molecule has 74 valence electrons. The highest BCUT2D eigenvalue weighted by Gasteiger charge is 2.06. The molecule has 0 N–H and O–H groups in total. The summed E-state index contributed by atoms with van der Waals surface area (Å²) in [5.74, 6) is 0. The molecule has 0 saturated carbocycles. The van der Waals surface area contributed by atoms with E-state index in [-0.39, 0.29) is 0 Å². The first-order valence-corrected chi connectivity index (χ1v) is 7.71. The molecule has 2 aromatic rings. The number of thiol groups is 1. The average molecular weight is 305 g/mol. The summed E-state index contributed by atoms with van der Waals surface area (Å²) in [4.78, 5) is 3.73. The van der Waals surface area contributed by atoms with Crippen molar-refractivity contribution < 1.29 is 0 Å². The lowest BCUT2D eigenvalue weighted by Gasteiger charge is -1.99. The number of hydrogen-bond acceptors (Lipinski definition) is 3. The molecular weight excluding hydrogens is 296 g/mol. The van der Waals surface area contributed by atoms with E-state index in [0.717, 1.165) is 10.2 Å². The molecule has 0 aliphatic heterocycles. The van der Waals surface area contributed by atoms with Gasteiger partial charge in [0.15, 0.2) is 0 Å². The molecule has 0 saturated heterocycles. The average Bonchev–Trinajstić information content (AvgIpc) is 2.59. The van der Waals surface area contributed by atoms with Crippen LogP contribution in [-0.4, -0.2) is 6.26 Å². The zero-order valence-corrected chi connectivity index (χ0v) is 11.7. The van der Waals surface area contributed by atoms with Crippen molar-refractivity contribution in [2.24, 2.45) is 0 Å². The molecule has 0 radical (unpaired) electrons. The molecule has 0 unspecified atom stereocenters. The minimum Gasteiger partial charge on any atom is -0.143 e. The number of halogens is 1. The van der Waals surface area contributed by atoms with Crippen molar-refractivity contribution in [3.05, 3.63) is 23.1 Å². The van der Waals surface area contributed by atoms with Crippen LogP contribution in [0.3, 0.4) is 0 Å². The van der Waals surface area contributed by atoms with E-state index >= 15 is 0 Å². The second-order valence-electron chi connectivity index (χ2n) is 2.91. The molecule has 4 heteroatoms. The Morgan fingerprint density at radius 2 is 2.21 bits per heavy atom. The Labute approximate surface area is 106 Å². The summed E-state index contributed by atoms with van der Waals surface area (Å²) in [7, 11) is 0. The van der Waals surface area contributed by atoms with Gasteiger partial charge >= 0.3 is 0 Å². The zero-order chi connectivity index (χ0) is 10.1. The van der Waals surface area contributed by atoms with Gasteiger partial charge in [0, 0.05) is 30.1 Å². The van der Waals surface area contributed by atoms with Crippen LogP contribution >= 0.6 is 51.7 Å². The van der Waals surface area contributed by atoms with Crippen LogP contribution < -0.4 is 0 Å². The summed E-state index contributed by atoms with van der Waals surface area (Å²) >= 11 is 11.5. The maximum Gasteiger partial charge on any atom is 0.0377 e. The normalized spacial score (nSPS) is 11.1. The molecule has 0 aliphatic carbocycles. The third-order valence-electron chi connectivity index (χ3n) is 1.99. The number of thiophene rings is 1. The first-order chi connectivity index (χ1) is 6.74. The van der Waals surface area contributed by atoms with Gasteiger partial charge in [0.25, 0.3) is 0 Å². The summed E-state index contributed by atoms with van der Waals surface area (Å²) in [5, 5.41) is 2.29. The van der Waals surface area contributed by atoms with Crippen molar-refractivity contribution in [2.75, 3.05) is 6.26 Å². The molecular formula is C10H9BrS3. The van der Waals surface area contributed by atoms with Gasteiger partial charge in [0.05, 0.1) is 0 Å². The van der Waals surface area contributed by atoms with Gasteiger partial charge in [0.1, 0.15) is 0 Å². The standard InChI is InChI=1S/C10H9BrS3/c1-13-9-2-6(12)3-10-8(9)4-7(5-11)14-10/h2-4,12H,5H2,1H3. The van der Waals surface area contributed by atoms with Gasteiger partial charge in [0.2, 0.25) is 0 Å². The summed E-state index contributed by atoms with van der Waals surface area (Å²) in [5.41, 5.74) is 0. The van der Waals surface area contributed by atoms with Gasteiger partial charge in [-0.15, -0.1) is 35.7 Å². The predicted octanol–water partition coefficient (Wildman–Crippen LogP) is 4.81. The highest BCUT2D eigenvalue weighted by atomic mass is 79.9. The van der Waals surface area contributed by atoms with E-state index in [0.29, 0.717) is 0 Å². The lowest BCUT2D eigenvalue weighted by atomic mass is 10.2. The van der Waals surface area contributed by atoms with Crippen molar-refractivity contribution in [3.63, 3.8) is 0 Å². The van der Waals surface area contributed by atoms with E-state index in [1.165, 1.54) is 19.9 Å². The van der Waals surface area contributed by atoms with E-state index in [2.05, 4.69) is 53.0 Å². The minimum absolute atomic E-state index is 0.933. The monoisotopic (exact) mass is 304 g/mol. The Balaban J connectivity index is 2.71. The molecule has 0 aliphatic rings. The summed E-state index contributed by atoms with van der Waals surface area (Å²) in [6, 6.07) is 6.52. The summed E-state index contributed by atoms with van der Waals surface area (Å²) < 4.78 is 1.33. The van der Waals surface area contributed by atoms with E-state index in [1.54, 1.807) is 11.8 Å². The van der Waals surface area contributed by atoms with Crippen LogP contribution in [0.1, 0.15) is 4.88 Å². The summed E-state index contributed by atoms with van der Waals surface area (Å²) in [6.45, 7) is 0. The number of hydrogen-bond donors (Lipinski definition) is 1. The van der Waals surface area contributed by atoms with E-state index < -0.39 is 0 Å². The molecule has 0 amide bonds. The van der Waals surface area contributed by atoms with E-state index in [4.69, 9.17) is 0 Å². The Morgan fingerprint density at radius 3 is 2.86 bits per heavy atom. The number of alkyl halides is 1. The molecule has 0 nitrogen and oxygen atoms in total. The molecule has 0 atom stereocenters. The van der Waals surface area contributed by atoms with Gasteiger partial charge in [-0.25, -0.2) is 0 Å². The Morgan fingerprint density at radius 1 is 1.43 bits per heavy atom. The maximum absolute atomic E-state index is 4.40. The van der Waals surface area contributed by atoms with Gasteiger partial charge in [-0.1, -0.05) is 15.9 Å². The molecule has 1 aromatic carbocycles. The Bertz CT molecular complexity index is 462. The van der Waals surface area contributed by atoms with Gasteiger partial charge in [-0.3, -0.25) is 0 Å². The second kappa shape index (κ2) is 4.47. The number of thioether (sulfide) groups is 1. The van der Waals surface area contributed by atoms with Crippen LogP contribution in [0.25, 0.3) is 10.1 Å². The Hall–Kier alpha value is 0.360. The fourth-order valence-electron chi connectivity index (χ4n) is 1.38. The molecule has 2 rings (SSSR count). The van der Waals surface area contributed by atoms with Crippen molar-refractivity contribution in [1.29, 1.82) is 0 Å². The summed E-state index contributed by atoms with van der Waals surface area (Å²) in [6.07, 6.45) is 2.10. The maximum atomic E-state index is 4.40. The van der Waals surface area contributed by atoms with Crippen LogP contribution in [0.2, 0.25) is 0 Å². The van der Waals surface area contributed by atoms with Crippen molar-refractivity contribution in [3.8, 4) is 0 Å². The fourth-order valence-corrected chi connectivity index (χ4v) is 4.00. The van der Waals surface area contributed by atoms with Gasteiger partial charge in [-0.2, -0.15) is 0 Å². The minimum atomic E-state index is 0.933. The lowest BCUT2D eigenvalue weighted by molar-refractivity contribution is 1.42. The predicted molar refractivity (Wildman–Crippen MR) is 73.5 cm³/mol. The molecule has 0 bridgehead atoms. The van der Waals surface area contributed by atoms with E-state index in [1.807, 2.05) is 11.3 Å². The van der Waals surface area contributed by atoms with Crippen molar-refractivity contribution in [2.45, 2.75) is 15.1 Å². The second-order valence-corrected chi connectivity index (χ2v) is 6.00. The number of benzene rings is 1. The third-order valence-corrected chi connectivity index (χ3v) is 5.08. The smallest absolute Gasteiger partial charge is 0.0377 e. The fraction of sp³-hybridized carbons (Fsp3) is 0.200. The number of rotatable bonds is 2. The lowest BCUT2D eigenvalue weighted by Crippen LogP contribution is -1.72. The van der Waals surface area contributed by atoms with Gasteiger partial charge < -0.3 is 0 Å². The third kappa shape index (κ3) is 1.98. The zero-order valence-electron chi connectivity index (χ0n) is 7.58. The molecule has 0 spiro atoms.